The third-order valence-electron chi connectivity index (χ3n) is 4.58. The number of nitrogens with one attached hydrogen (secondary N) is 1. The SMILES string of the molecule is O=C(CC1(C(=O)O)CCCCC1)NCC1CCC1. The number of carboxylic acids is 1. The summed E-state index contributed by atoms with van der Waals surface area (Å²) >= 11 is 0. The van der Waals surface area contributed by atoms with Gasteiger partial charge in [-0.2, -0.15) is 0 Å². The number of hydrogen-bond acceptors (Lipinski definition) is 2. The molecule has 2 fully saturated rings. The third kappa shape index (κ3) is 3.03. The molecule has 0 saturated heterocycles. The monoisotopic (exact) mass is 253 g/mol. The molecule has 4 nitrogen and oxygen atoms in total. The largest absolute Gasteiger partial charge is 0.481 e. The second-order valence-corrected chi connectivity index (χ2v) is 5.92. The van der Waals surface area contributed by atoms with Crippen LogP contribution in [-0.4, -0.2) is 23.5 Å². The summed E-state index contributed by atoms with van der Waals surface area (Å²) in [6.45, 7) is 0.731. The molecular formula is C14H23NO3. The molecule has 0 spiro atoms. The normalized spacial score (nSPS) is 23.1. The van der Waals surface area contributed by atoms with Crippen molar-refractivity contribution in [2.45, 2.75) is 57.8 Å². The van der Waals surface area contributed by atoms with E-state index in [1.165, 1.54) is 19.3 Å². The summed E-state index contributed by atoms with van der Waals surface area (Å²) in [5.41, 5.74) is -0.790. The first-order valence-corrected chi connectivity index (χ1v) is 7.12. The van der Waals surface area contributed by atoms with E-state index in [4.69, 9.17) is 0 Å². The summed E-state index contributed by atoms with van der Waals surface area (Å²) in [7, 11) is 0. The number of carbonyl (C=O) groups excluding carboxylic acids is 1. The van der Waals surface area contributed by atoms with Crippen molar-refractivity contribution >= 4 is 11.9 Å². The van der Waals surface area contributed by atoms with Crippen LogP contribution in [0.15, 0.2) is 0 Å². The van der Waals surface area contributed by atoms with Crippen LogP contribution in [0, 0.1) is 11.3 Å². The molecule has 4 heteroatoms. The summed E-state index contributed by atoms with van der Waals surface area (Å²) in [4.78, 5) is 23.3. The summed E-state index contributed by atoms with van der Waals surface area (Å²) < 4.78 is 0. The highest BCUT2D eigenvalue weighted by atomic mass is 16.4. The lowest BCUT2D eigenvalue weighted by Gasteiger charge is -2.33. The topological polar surface area (TPSA) is 66.4 Å². The molecule has 0 aromatic carbocycles. The predicted octanol–water partition coefficient (Wildman–Crippen LogP) is 2.33. The average molecular weight is 253 g/mol. The lowest BCUT2D eigenvalue weighted by Crippen LogP contribution is -2.40. The van der Waals surface area contributed by atoms with Crippen molar-refractivity contribution in [3.8, 4) is 0 Å². The fourth-order valence-corrected chi connectivity index (χ4v) is 3.02. The zero-order chi connectivity index (χ0) is 13.0. The Bertz CT molecular complexity index is 317. The Balaban J connectivity index is 1.83. The van der Waals surface area contributed by atoms with E-state index in [0.717, 1.165) is 25.8 Å². The van der Waals surface area contributed by atoms with Crippen molar-refractivity contribution in [2.24, 2.45) is 11.3 Å². The van der Waals surface area contributed by atoms with E-state index in [-0.39, 0.29) is 12.3 Å². The van der Waals surface area contributed by atoms with E-state index in [0.29, 0.717) is 18.8 Å². The first-order chi connectivity index (χ1) is 8.62. The molecule has 2 N–H and O–H groups in total. The maximum absolute atomic E-state index is 11.9. The van der Waals surface area contributed by atoms with Crippen LogP contribution in [-0.2, 0) is 9.59 Å². The summed E-state index contributed by atoms with van der Waals surface area (Å²) in [5.74, 6) is -0.242. The van der Waals surface area contributed by atoms with E-state index >= 15 is 0 Å². The van der Waals surface area contributed by atoms with Gasteiger partial charge in [-0.3, -0.25) is 9.59 Å². The number of carbonyl (C=O) groups is 2. The highest BCUT2D eigenvalue weighted by molar-refractivity contribution is 5.85. The summed E-state index contributed by atoms with van der Waals surface area (Å²) in [6.07, 6.45) is 8.09. The van der Waals surface area contributed by atoms with E-state index in [9.17, 15) is 14.7 Å². The molecule has 18 heavy (non-hydrogen) atoms. The number of aliphatic carboxylic acids is 1. The Morgan fingerprint density at radius 2 is 1.78 bits per heavy atom. The summed E-state index contributed by atoms with van der Waals surface area (Å²) in [6, 6.07) is 0. The standard InChI is InChI=1S/C14H23NO3/c16-12(15-10-11-5-4-6-11)9-14(13(17)18)7-2-1-3-8-14/h11H,1-10H2,(H,15,16)(H,17,18). The number of rotatable bonds is 5. The van der Waals surface area contributed by atoms with Gasteiger partial charge in [-0.15, -0.1) is 0 Å². The summed E-state index contributed by atoms with van der Waals surface area (Å²) in [5, 5.41) is 12.3. The number of hydrogen-bond donors (Lipinski definition) is 2. The lowest BCUT2D eigenvalue weighted by molar-refractivity contribution is -0.154. The van der Waals surface area contributed by atoms with Crippen LogP contribution in [0.1, 0.15) is 57.8 Å². The van der Waals surface area contributed by atoms with Gasteiger partial charge in [0.2, 0.25) is 5.91 Å². The van der Waals surface area contributed by atoms with Gasteiger partial charge in [0.25, 0.3) is 0 Å². The van der Waals surface area contributed by atoms with Gasteiger partial charge in [0, 0.05) is 13.0 Å². The molecule has 0 unspecified atom stereocenters. The van der Waals surface area contributed by atoms with Crippen LogP contribution in [0.3, 0.4) is 0 Å². The van der Waals surface area contributed by atoms with E-state index < -0.39 is 11.4 Å². The van der Waals surface area contributed by atoms with Crippen molar-refractivity contribution in [1.29, 1.82) is 0 Å². The Morgan fingerprint density at radius 1 is 1.11 bits per heavy atom. The number of amides is 1. The van der Waals surface area contributed by atoms with Gasteiger partial charge in [-0.25, -0.2) is 0 Å². The molecule has 102 valence electrons. The molecule has 0 aromatic heterocycles. The van der Waals surface area contributed by atoms with Gasteiger partial charge in [-0.1, -0.05) is 25.7 Å². The van der Waals surface area contributed by atoms with Crippen LogP contribution in [0.2, 0.25) is 0 Å². The zero-order valence-electron chi connectivity index (χ0n) is 10.9. The van der Waals surface area contributed by atoms with Crippen molar-refractivity contribution in [1.82, 2.24) is 5.32 Å². The number of carboxylic acid groups (broad SMARTS) is 1. The molecular weight excluding hydrogens is 230 g/mol. The van der Waals surface area contributed by atoms with Crippen LogP contribution in [0.4, 0.5) is 0 Å². The fraction of sp³-hybridized carbons (Fsp3) is 0.857. The van der Waals surface area contributed by atoms with Crippen molar-refractivity contribution in [2.75, 3.05) is 6.54 Å². The van der Waals surface area contributed by atoms with Crippen molar-refractivity contribution < 1.29 is 14.7 Å². The van der Waals surface area contributed by atoms with E-state index in [2.05, 4.69) is 5.32 Å². The fourth-order valence-electron chi connectivity index (χ4n) is 3.02. The molecule has 0 heterocycles. The van der Waals surface area contributed by atoms with Gasteiger partial charge < -0.3 is 10.4 Å². The Kier molecular flexibility index (Phi) is 4.25. The van der Waals surface area contributed by atoms with E-state index in [1.807, 2.05) is 0 Å². The maximum atomic E-state index is 11.9. The first kappa shape index (κ1) is 13.4. The minimum Gasteiger partial charge on any atom is -0.481 e. The lowest BCUT2D eigenvalue weighted by atomic mass is 9.71. The first-order valence-electron chi connectivity index (χ1n) is 7.12. The highest BCUT2D eigenvalue weighted by Gasteiger charge is 2.41. The Hall–Kier alpha value is -1.06. The molecule has 0 radical (unpaired) electrons. The van der Waals surface area contributed by atoms with Gasteiger partial charge in [-0.05, 0) is 31.6 Å². The molecule has 2 rings (SSSR count). The second-order valence-electron chi connectivity index (χ2n) is 5.92. The zero-order valence-corrected chi connectivity index (χ0v) is 10.9. The highest BCUT2D eigenvalue weighted by Crippen LogP contribution is 2.39. The average Bonchev–Trinajstić information content (AvgIpc) is 2.28. The van der Waals surface area contributed by atoms with Crippen molar-refractivity contribution in [3.63, 3.8) is 0 Å². The maximum Gasteiger partial charge on any atom is 0.310 e. The van der Waals surface area contributed by atoms with Crippen molar-refractivity contribution in [3.05, 3.63) is 0 Å². The van der Waals surface area contributed by atoms with Crippen LogP contribution in [0.25, 0.3) is 0 Å². The third-order valence-corrected chi connectivity index (χ3v) is 4.58. The Labute approximate surface area is 108 Å². The van der Waals surface area contributed by atoms with Gasteiger partial charge in [0.1, 0.15) is 0 Å². The smallest absolute Gasteiger partial charge is 0.310 e. The molecule has 2 aliphatic carbocycles. The molecule has 0 atom stereocenters. The van der Waals surface area contributed by atoms with Crippen LogP contribution in [0.5, 0.6) is 0 Å². The van der Waals surface area contributed by atoms with E-state index in [1.54, 1.807) is 0 Å². The molecule has 2 saturated carbocycles. The quantitative estimate of drug-likeness (QED) is 0.790. The van der Waals surface area contributed by atoms with Crippen LogP contribution >= 0.6 is 0 Å². The van der Waals surface area contributed by atoms with Gasteiger partial charge >= 0.3 is 5.97 Å². The second kappa shape index (κ2) is 5.72. The van der Waals surface area contributed by atoms with Gasteiger partial charge in [0.15, 0.2) is 0 Å². The molecule has 0 aliphatic heterocycles. The molecule has 1 amide bonds. The Morgan fingerprint density at radius 3 is 2.28 bits per heavy atom. The van der Waals surface area contributed by atoms with Gasteiger partial charge in [0.05, 0.1) is 5.41 Å². The van der Waals surface area contributed by atoms with Crippen LogP contribution < -0.4 is 5.32 Å². The minimum atomic E-state index is -0.791. The molecule has 2 aliphatic rings. The predicted molar refractivity (Wildman–Crippen MR) is 68.1 cm³/mol. The minimum absolute atomic E-state index is 0.0776. The molecule has 0 aromatic rings. The molecule has 0 bridgehead atoms.